The Balaban J connectivity index is 1.21. The molecule has 150 valence electrons. The average molecular weight is 384 g/mol. The van der Waals surface area contributed by atoms with E-state index in [1.807, 2.05) is 4.90 Å². The van der Waals surface area contributed by atoms with E-state index in [-0.39, 0.29) is 12.6 Å². The van der Waals surface area contributed by atoms with Gasteiger partial charge in [-0.25, -0.2) is 4.79 Å². The van der Waals surface area contributed by atoms with E-state index in [1.54, 1.807) is 24.3 Å². The summed E-state index contributed by atoms with van der Waals surface area (Å²) in [4.78, 5) is 16.6. The normalized spacial score (nSPS) is 25.6. The summed E-state index contributed by atoms with van der Waals surface area (Å²) in [6.45, 7) is 4.26. The van der Waals surface area contributed by atoms with Crippen molar-refractivity contribution in [3.8, 4) is 11.8 Å². The van der Waals surface area contributed by atoms with Gasteiger partial charge in [-0.2, -0.15) is 5.26 Å². The summed E-state index contributed by atoms with van der Waals surface area (Å²) in [6.07, 6.45) is 2.83. The molecule has 7 nitrogen and oxygen atoms in total. The van der Waals surface area contributed by atoms with E-state index >= 15 is 0 Å². The molecule has 1 aromatic carbocycles. The van der Waals surface area contributed by atoms with Gasteiger partial charge in [-0.15, -0.1) is 0 Å². The molecule has 0 aromatic heterocycles. The number of carbonyl (C=O) groups excluding carboxylic acids is 1. The van der Waals surface area contributed by atoms with E-state index in [0.717, 1.165) is 39.0 Å². The fourth-order valence-corrected chi connectivity index (χ4v) is 4.37. The van der Waals surface area contributed by atoms with Crippen LogP contribution in [0, 0.1) is 23.2 Å². The van der Waals surface area contributed by atoms with Crippen molar-refractivity contribution in [2.75, 3.05) is 39.3 Å². The van der Waals surface area contributed by atoms with E-state index < -0.39 is 6.10 Å². The highest BCUT2D eigenvalue weighted by Crippen LogP contribution is 2.29. The van der Waals surface area contributed by atoms with Gasteiger partial charge >= 0.3 is 6.03 Å². The Hall–Kier alpha value is -2.30. The number of aliphatic hydroxyl groups excluding tert-OH is 1. The molecule has 2 saturated heterocycles. The van der Waals surface area contributed by atoms with Gasteiger partial charge in [0.2, 0.25) is 0 Å². The molecule has 1 saturated carbocycles. The molecule has 2 N–H and O–H groups in total. The molecule has 2 heterocycles. The lowest BCUT2D eigenvalue weighted by Crippen LogP contribution is -2.57. The second kappa shape index (κ2) is 8.38. The number of hydrogen-bond donors (Lipinski definition) is 2. The van der Waals surface area contributed by atoms with E-state index in [1.165, 1.54) is 6.42 Å². The highest BCUT2D eigenvalue weighted by Gasteiger charge is 2.37. The number of urea groups is 1. The standard InChI is InChI=1S/C21H28N4O3/c22-8-15-1-5-20(6-2-15)28-14-19(26)13-24-9-16-7-17(10-24)12-25(11-16)21(27)23-18-3-4-18/h1-2,5-6,16-19,26H,3-4,7,9-14H2,(H,23,27). The zero-order chi connectivity index (χ0) is 19.5. The number of hydrogen-bond acceptors (Lipinski definition) is 5. The van der Waals surface area contributed by atoms with Gasteiger partial charge < -0.3 is 20.1 Å². The topological polar surface area (TPSA) is 88.8 Å². The predicted octanol–water partition coefficient (Wildman–Crippen LogP) is 1.42. The van der Waals surface area contributed by atoms with Crippen LogP contribution >= 0.6 is 0 Å². The maximum absolute atomic E-state index is 12.3. The fraction of sp³-hybridized carbons (Fsp3) is 0.619. The third-order valence-corrected chi connectivity index (χ3v) is 5.74. The van der Waals surface area contributed by atoms with E-state index in [2.05, 4.69) is 16.3 Å². The van der Waals surface area contributed by atoms with Gasteiger partial charge in [0.1, 0.15) is 18.5 Å². The first-order valence-corrected chi connectivity index (χ1v) is 10.2. The average Bonchev–Trinajstić information content (AvgIpc) is 3.50. The van der Waals surface area contributed by atoms with Crippen molar-refractivity contribution in [2.24, 2.45) is 11.8 Å². The molecule has 4 rings (SSSR count). The highest BCUT2D eigenvalue weighted by molar-refractivity contribution is 5.75. The number of carbonyl (C=O) groups is 1. The summed E-state index contributed by atoms with van der Waals surface area (Å²) >= 11 is 0. The molecule has 28 heavy (non-hydrogen) atoms. The minimum atomic E-state index is -0.566. The second-order valence-electron chi connectivity index (χ2n) is 8.42. The Morgan fingerprint density at radius 2 is 1.89 bits per heavy atom. The largest absolute Gasteiger partial charge is 0.491 e. The van der Waals surface area contributed by atoms with Gasteiger partial charge in [0, 0.05) is 38.8 Å². The molecule has 2 bridgehead atoms. The first-order chi connectivity index (χ1) is 13.6. The maximum atomic E-state index is 12.3. The van der Waals surface area contributed by atoms with Gasteiger partial charge in [-0.05, 0) is 55.4 Å². The summed E-state index contributed by atoms with van der Waals surface area (Å²) in [7, 11) is 0. The van der Waals surface area contributed by atoms with Gasteiger partial charge in [-0.3, -0.25) is 4.90 Å². The smallest absolute Gasteiger partial charge is 0.317 e. The van der Waals surface area contributed by atoms with E-state index in [0.29, 0.717) is 35.7 Å². The summed E-state index contributed by atoms with van der Waals surface area (Å²) in [6, 6.07) is 9.48. The molecule has 3 fully saturated rings. The number of ether oxygens (including phenoxy) is 1. The second-order valence-corrected chi connectivity index (χ2v) is 8.42. The van der Waals surface area contributed by atoms with Gasteiger partial charge in [0.05, 0.1) is 11.6 Å². The van der Waals surface area contributed by atoms with Crippen LogP contribution in [0.2, 0.25) is 0 Å². The third kappa shape index (κ3) is 4.94. The lowest BCUT2D eigenvalue weighted by molar-refractivity contribution is 0.00916. The number of nitrogens with one attached hydrogen (secondary N) is 1. The minimum absolute atomic E-state index is 0.0986. The highest BCUT2D eigenvalue weighted by atomic mass is 16.5. The Labute approximate surface area is 165 Å². The quantitative estimate of drug-likeness (QED) is 0.774. The predicted molar refractivity (Wildman–Crippen MR) is 104 cm³/mol. The monoisotopic (exact) mass is 384 g/mol. The van der Waals surface area contributed by atoms with Crippen LogP contribution in [-0.2, 0) is 0 Å². The van der Waals surface area contributed by atoms with Crippen LogP contribution < -0.4 is 10.1 Å². The molecule has 0 spiro atoms. The number of benzene rings is 1. The molecule has 0 radical (unpaired) electrons. The van der Waals surface area contributed by atoms with Crippen LogP contribution in [0.25, 0.3) is 0 Å². The summed E-state index contributed by atoms with van der Waals surface area (Å²) < 4.78 is 5.65. The number of fused-ring (bicyclic) bond motifs is 2. The Morgan fingerprint density at radius 1 is 1.21 bits per heavy atom. The van der Waals surface area contributed by atoms with E-state index in [4.69, 9.17) is 10.00 Å². The maximum Gasteiger partial charge on any atom is 0.317 e. The minimum Gasteiger partial charge on any atom is -0.491 e. The number of amides is 2. The van der Waals surface area contributed by atoms with Crippen LogP contribution in [0.4, 0.5) is 4.79 Å². The Bertz CT molecular complexity index is 714. The van der Waals surface area contributed by atoms with Crippen molar-refractivity contribution >= 4 is 6.03 Å². The molecule has 2 aliphatic heterocycles. The first kappa shape index (κ1) is 19.0. The lowest BCUT2D eigenvalue weighted by Gasteiger charge is -2.46. The number of aliphatic hydroxyl groups is 1. The Kier molecular flexibility index (Phi) is 5.69. The molecule has 3 atom stereocenters. The van der Waals surface area contributed by atoms with Gasteiger partial charge in [0.15, 0.2) is 0 Å². The van der Waals surface area contributed by atoms with Crippen molar-refractivity contribution in [2.45, 2.75) is 31.4 Å². The van der Waals surface area contributed by atoms with Crippen LogP contribution in [-0.4, -0.2) is 72.4 Å². The molecule has 1 aromatic rings. The number of rotatable bonds is 6. The van der Waals surface area contributed by atoms with Crippen molar-refractivity contribution in [3.05, 3.63) is 29.8 Å². The fourth-order valence-electron chi connectivity index (χ4n) is 4.37. The van der Waals surface area contributed by atoms with Crippen LogP contribution in [0.1, 0.15) is 24.8 Å². The SMILES string of the molecule is N#Cc1ccc(OCC(O)CN2CC3CC(C2)CN(C(=O)NC2CC2)C3)cc1. The number of nitriles is 1. The van der Waals surface area contributed by atoms with Crippen molar-refractivity contribution in [1.29, 1.82) is 5.26 Å². The summed E-state index contributed by atoms with van der Waals surface area (Å²) in [5, 5.41) is 22.3. The number of β-amino-alcohol motifs (C(OH)–C–C–N with tert-alkyl or cyclic N) is 1. The van der Waals surface area contributed by atoms with Crippen LogP contribution in [0.5, 0.6) is 5.75 Å². The molecule has 7 heteroatoms. The summed E-state index contributed by atoms with van der Waals surface area (Å²) in [5.41, 5.74) is 0.590. The zero-order valence-electron chi connectivity index (χ0n) is 16.1. The molecular formula is C21H28N4O3. The number of nitrogens with zero attached hydrogens (tertiary/aromatic N) is 3. The zero-order valence-corrected chi connectivity index (χ0v) is 16.1. The van der Waals surface area contributed by atoms with E-state index in [9.17, 15) is 9.90 Å². The summed E-state index contributed by atoms with van der Waals surface area (Å²) in [5.74, 6) is 1.61. The molecule has 3 aliphatic rings. The van der Waals surface area contributed by atoms with Gasteiger partial charge in [-0.1, -0.05) is 0 Å². The first-order valence-electron chi connectivity index (χ1n) is 10.2. The lowest BCUT2D eigenvalue weighted by atomic mass is 9.84. The molecular weight excluding hydrogens is 356 g/mol. The molecule has 3 unspecified atom stereocenters. The molecule has 1 aliphatic carbocycles. The number of piperidine rings is 2. The molecule has 2 amide bonds. The van der Waals surface area contributed by atoms with Crippen molar-refractivity contribution < 1.29 is 14.6 Å². The third-order valence-electron chi connectivity index (χ3n) is 5.74. The Morgan fingerprint density at radius 3 is 2.50 bits per heavy atom. The van der Waals surface area contributed by atoms with Crippen molar-refractivity contribution in [3.63, 3.8) is 0 Å². The number of likely N-dealkylation sites (tertiary alicyclic amines) is 2. The van der Waals surface area contributed by atoms with Crippen LogP contribution in [0.15, 0.2) is 24.3 Å². The van der Waals surface area contributed by atoms with Crippen molar-refractivity contribution in [1.82, 2.24) is 15.1 Å². The van der Waals surface area contributed by atoms with Gasteiger partial charge in [0.25, 0.3) is 0 Å². The van der Waals surface area contributed by atoms with Crippen LogP contribution in [0.3, 0.4) is 0 Å².